The molecule has 9 heteroatoms. The minimum atomic E-state index is -0.589. The van der Waals surface area contributed by atoms with Gasteiger partial charge in [0.2, 0.25) is 11.8 Å². The van der Waals surface area contributed by atoms with Crippen molar-refractivity contribution in [2.24, 2.45) is 17.8 Å². The Bertz CT molecular complexity index is 906. The predicted molar refractivity (Wildman–Crippen MR) is 101 cm³/mol. The summed E-state index contributed by atoms with van der Waals surface area (Å²) in [4.78, 5) is 39.2. The van der Waals surface area contributed by atoms with Gasteiger partial charge in [0.25, 0.3) is 0 Å². The first-order chi connectivity index (χ1) is 13.9. The highest BCUT2D eigenvalue weighted by Gasteiger charge is 2.62. The number of hydrogen-bond donors (Lipinski definition) is 1. The van der Waals surface area contributed by atoms with Gasteiger partial charge in [-0.3, -0.25) is 29.5 Å². The van der Waals surface area contributed by atoms with Gasteiger partial charge in [0.1, 0.15) is 10.7 Å². The normalized spacial score (nSPS) is 31.2. The van der Waals surface area contributed by atoms with Crippen LogP contribution in [-0.4, -0.2) is 57.4 Å². The monoisotopic (exact) mass is 401 g/mol. The molecule has 2 fully saturated rings. The number of carbonyl (C=O) groups excluding carboxylic acids is 2. The molecule has 1 aliphatic carbocycles. The number of nitrogens with zero attached hydrogens (tertiary/aromatic N) is 3. The number of likely N-dealkylation sites (tertiary alicyclic amines) is 1. The number of fused-ring (bicyclic) bond motifs is 1. The third-order valence-electron chi connectivity index (χ3n) is 6.35. The number of nitro groups is 1. The topological polar surface area (TPSA) is 117 Å². The van der Waals surface area contributed by atoms with Gasteiger partial charge in [-0.05, 0) is 18.9 Å². The van der Waals surface area contributed by atoms with Crippen molar-refractivity contribution in [1.29, 1.82) is 0 Å². The lowest BCUT2D eigenvalue weighted by atomic mass is 9.62. The standard InChI is InChI=1S/C20H23N3O6/c1-3-13-16-11(5-4-8-24)9-14(17-18(16)20(26)21(2)19(17)25)22(13)10-12-6-7-15(29-12)23(27)28/h3,6-7,9,13-14,16-18,24H,1,4-5,8,10H2,2H3. The van der Waals surface area contributed by atoms with Crippen molar-refractivity contribution in [2.45, 2.75) is 31.5 Å². The Hall–Kier alpha value is -2.78. The first-order valence-corrected chi connectivity index (χ1v) is 9.63. The maximum Gasteiger partial charge on any atom is 0.433 e. The van der Waals surface area contributed by atoms with Gasteiger partial charge in [0, 0.05) is 31.7 Å². The van der Waals surface area contributed by atoms with Gasteiger partial charge in [0.15, 0.2) is 0 Å². The number of hydrogen-bond acceptors (Lipinski definition) is 7. The van der Waals surface area contributed by atoms with Crippen LogP contribution in [0.1, 0.15) is 18.6 Å². The van der Waals surface area contributed by atoms with E-state index in [-0.39, 0.29) is 48.9 Å². The van der Waals surface area contributed by atoms with Gasteiger partial charge in [0.05, 0.1) is 24.4 Å². The molecule has 3 aliphatic heterocycles. The zero-order valence-electron chi connectivity index (χ0n) is 16.1. The van der Waals surface area contributed by atoms with Crippen molar-refractivity contribution < 1.29 is 24.0 Å². The summed E-state index contributed by atoms with van der Waals surface area (Å²) in [6, 6.07) is 2.31. The number of amides is 2. The van der Waals surface area contributed by atoms with Gasteiger partial charge < -0.3 is 9.52 Å². The van der Waals surface area contributed by atoms with E-state index < -0.39 is 16.8 Å². The van der Waals surface area contributed by atoms with Crippen LogP contribution in [0, 0.1) is 27.9 Å². The molecule has 4 aliphatic rings. The third-order valence-corrected chi connectivity index (χ3v) is 6.35. The van der Waals surface area contributed by atoms with Crippen molar-refractivity contribution in [3.05, 3.63) is 52.3 Å². The van der Waals surface area contributed by atoms with Crippen molar-refractivity contribution in [1.82, 2.24) is 9.80 Å². The van der Waals surface area contributed by atoms with Gasteiger partial charge in [-0.2, -0.15) is 0 Å². The maximum atomic E-state index is 12.8. The van der Waals surface area contributed by atoms with Crippen LogP contribution in [0.5, 0.6) is 0 Å². The van der Waals surface area contributed by atoms with Crippen LogP contribution in [0.3, 0.4) is 0 Å². The average Bonchev–Trinajstić information content (AvgIpc) is 3.27. The molecule has 5 atom stereocenters. The number of aliphatic hydroxyl groups excluding tert-OH is 1. The quantitative estimate of drug-likeness (QED) is 0.318. The molecule has 1 aromatic rings. The minimum absolute atomic E-state index is 0.0497. The van der Waals surface area contributed by atoms with Gasteiger partial charge in [-0.1, -0.05) is 17.7 Å². The highest BCUT2D eigenvalue weighted by Crippen LogP contribution is 2.52. The lowest BCUT2D eigenvalue weighted by molar-refractivity contribution is -0.402. The number of imide groups is 1. The van der Waals surface area contributed by atoms with Gasteiger partial charge in [-0.25, -0.2) is 0 Å². The summed E-state index contributed by atoms with van der Waals surface area (Å²) in [5, 5.41) is 20.2. The van der Waals surface area contributed by atoms with Crippen LogP contribution in [0.4, 0.5) is 5.88 Å². The van der Waals surface area contributed by atoms with E-state index in [1.807, 2.05) is 11.0 Å². The van der Waals surface area contributed by atoms with Crippen molar-refractivity contribution >= 4 is 17.7 Å². The molecule has 0 spiro atoms. The Labute approximate surface area is 167 Å². The Balaban J connectivity index is 1.72. The van der Waals surface area contributed by atoms with E-state index in [4.69, 9.17) is 4.42 Å². The molecule has 4 heterocycles. The zero-order chi connectivity index (χ0) is 20.9. The molecule has 2 saturated heterocycles. The number of furan rings is 1. The van der Waals surface area contributed by atoms with E-state index in [2.05, 4.69) is 6.58 Å². The largest absolute Gasteiger partial charge is 0.433 e. The maximum absolute atomic E-state index is 12.8. The van der Waals surface area contributed by atoms with Crippen molar-refractivity contribution in [3.8, 4) is 0 Å². The highest BCUT2D eigenvalue weighted by molar-refractivity contribution is 6.06. The predicted octanol–water partition coefficient (Wildman–Crippen LogP) is 1.49. The number of rotatable bonds is 7. The second-order valence-corrected chi connectivity index (χ2v) is 7.77. The van der Waals surface area contributed by atoms with Crippen molar-refractivity contribution in [2.75, 3.05) is 13.7 Å². The first kappa shape index (κ1) is 19.5. The van der Waals surface area contributed by atoms with Crippen LogP contribution in [0.15, 0.2) is 40.9 Å². The molecule has 154 valence electrons. The molecule has 29 heavy (non-hydrogen) atoms. The number of carbonyl (C=O) groups is 2. The fourth-order valence-corrected chi connectivity index (χ4v) is 5.16. The van der Waals surface area contributed by atoms with E-state index in [1.165, 1.54) is 18.0 Å². The smallest absolute Gasteiger partial charge is 0.404 e. The van der Waals surface area contributed by atoms with Crippen LogP contribution < -0.4 is 0 Å². The van der Waals surface area contributed by atoms with Crippen molar-refractivity contribution in [3.63, 3.8) is 0 Å². The fourth-order valence-electron chi connectivity index (χ4n) is 5.16. The summed E-state index contributed by atoms with van der Waals surface area (Å²) >= 11 is 0. The molecule has 0 aromatic carbocycles. The van der Waals surface area contributed by atoms with Gasteiger partial charge >= 0.3 is 5.88 Å². The minimum Gasteiger partial charge on any atom is -0.404 e. The van der Waals surface area contributed by atoms with Gasteiger partial charge in [-0.15, -0.1) is 6.58 Å². The summed E-state index contributed by atoms with van der Waals surface area (Å²) in [5.74, 6) is -1.45. The summed E-state index contributed by atoms with van der Waals surface area (Å²) in [6.07, 6.45) is 5.03. The van der Waals surface area contributed by atoms with Crippen LogP contribution >= 0.6 is 0 Å². The van der Waals surface area contributed by atoms with E-state index in [0.717, 1.165) is 5.57 Å². The molecule has 2 amide bonds. The Kier molecular flexibility index (Phi) is 4.87. The third kappa shape index (κ3) is 2.92. The SMILES string of the molecule is C=CC1C2C(CCCO)=CC(C3C(=O)N(C)C(=O)C32)N1Cc1ccc([N+](=O)[O-])o1. The molecule has 1 N–H and O–H groups in total. The van der Waals surface area contributed by atoms with E-state index >= 15 is 0 Å². The lowest BCUT2D eigenvalue weighted by Gasteiger charge is -2.53. The molecule has 9 nitrogen and oxygen atoms in total. The van der Waals surface area contributed by atoms with Crippen LogP contribution in [0.25, 0.3) is 0 Å². The summed E-state index contributed by atoms with van der Waals surface area (Å²) < 4.78 is 5.33. The molecule has 2 bridgehead atoms. The molecule has 1 aromatic heterocycles. The van der Waals surface area contributed by atoms with E-state index in [9.17, 15) is 24.8 Å². The van der Waals surface area contributed by atoms with Crippen LogP contribution in [0.2, 0.25) is 0 Å². The average molecular weight is 401 g/mol. The Morgan fingerprint density at radius 3 is 2.62 bits per heavy atom. The molecule has 5 unspecified atom stereocenters. The Morgan fingerprint density at radius 2 is 2.00 bits per heavy atom. The summed E-state index contributed by atoms with van der Waals surface area (Å²) in [6.45, 7) is 4.27. The molecule has 0 saturated carbocycles. The highest BCUT2D eigenvalue weighted by atomic mass is 16.6. The molecule has 5 rings (SSSR count). The molecule has 0 radical (unpaired) electrons. The van der Waals surface area contributed by atoms with Crippen LogP contribution in [-0.2, 0) is 16.1 Å². The summed E-state index contributed by atoms with van der Waals surface area (Å²) in [5.41, 5.74) is 1.06. The second kappa shape index (κ2) is 7.23. The fraction of sp³-hybridized carbons (Fsp3) is 0.500. The first-order valence-electron chi connectivity index (χ1n) is 9.63. The molecular formula is C20H23N3O6. The Morgan fingerprint density at radius 1 is 1.28 bits per heavy atom. The van der Waals surface area contributed by atoms with E-state index in [0.29, 0.717) is 18.6 Å². The molecular weight excluding hydrogens is 378 g/mol. The summed E-state index contributed by atoms with van der Waals surface area (Å²) in [7, 11) is 1.51. The number of piperidine rings is 1. The zero-order valence-corrected chi connectivity index (χ0v) is 16.1. The number of aliphatic hydroxyl groups is 1. The lowest BCUT2D eigenvalue weighted by Crippen LogP contribution is -2.61. The van der Waals surface area contributed by atoms with E-state index in [1.54, 1.807) is 12.1 Å². The second-order valence-electron chi connectivity index (χ2n) is 7.77.